The summed E-state index contributed by atoms with van der Waals surface area (Å²) in [5.74, 6) is 0.547. The van der Waals surface area contributed by atoms with Crippen LogP contribution in [0.2, 0.25) is 0 Å². The molecule has 1 aromatic heterocycles. The maximum absolute atomic E-state index is 12.3. The van der Waals surface area contributed by atoms with Crippen molar-refractivity contribution in [3.63, 3.8) is 0 Å². The van der Waals surface area contributed by atoms with Crippen LogP contribution in [0.1, 0.15) is 48.8 Å². The van der Waals surface area contributed by atoms with Crippen LogP contribution < -0.4 is 10.1 Å². The Morgan fingerprint density at radius 2 is 1.70 bits per heavy atom. The maximum Gasteiger partial charge on any atom is 0.258 e. The van der Waals surface area contributed by atoms with Crippen LogP contribution in [0.3, 0.4) is 0 Å². The molecule has 30 heavy (non-hydrogen) atoms. The molecule has 0 saturated carbocycles. The van der Waals surface area contributed by atoms with Gasteiger partial charge in [-0.1, -0.05) is 63.2 Å². The third-order valence-electron chi connectivity index (χ3n) is 5.26. The summed E-state index contributed by atoms with van der Waals surface area (Å²) in [4.78, 5) is 12.3. The van der Waals surface area contributed by atoms with Gasteiger partial charge in [0, 0.05) is 17.8 Å². The van der Waals surface area contributed by atoms with Gasteiger partial charge in [-0.15, -0.1) is 0 Å². The van der Waals surface area contributed by atoms with Crippen LogP contribution in [0.25, 0.3) is 0 Å². The summed E-state index contributed by atoms with van der Waals surface area (Å²) >= 11 is 0. The smallest absolute Gasteiger partial charge is 0.258 e. The highest BCUT2D eigenvalue weighted by molar-refractivity contribution is 5.77. The first kappa shape index (κ1) is 21.6. The number of hydrogen-bond donors (Lipinski definition) is 1. The van der Waals surface area contributed by atoms with E-state index in [1.807, 2.05) is 61.0 Å². The largest absolute Gasteiger partial charge is 0.484 e. The normalized spacial score (nSPS) is 11.4. The number of nitrogens with zero attached hydrogens (tertiary/aromatic N) is 2. The second-order valence-electron chi connectivity index (χ2n) is 8.63. The van der Waals surface area contributed by atoms with E-state index in [0.717, 1.165) is 23.5 Å². The summed E-state index contributed by atoms with van der Waals surface area (Å²) < 4.78 is 7.62. The summed E-state index contributed by atoms with van der Waals surface area (Å²) in [7, 11) is 0. The SMILES string of the molecule is Cc1nn(Cc2ccccc2)c(C)c1CNC(=O)COc1ccc(C(C)(C)C)cc1. The van der Waals surface area contributed by atoms with Gasteiger partial charge in [-0.3, -0.25) is 9.48 Å². The van der Waals surface area contributed by atoms with Crippen molar-refractivity contribution in [2.45, 2.75) is 53.1 Å². The second-order valence-corrected chi connectivity index (χ2v) is 8.63. The average Bonchev–Trinajstić information content (AvgIpc) is 2.98. The lowest BCUT2D eigenvalue weighted by Crippen LogP contribution is -2.28. The summed E-state index contributed by atoms with van der Waals surface area (Å²) in [5, 5.41) is 7.59. The Kier molecular flexibility index (Phi) is 6.60. The fraction of sp³-hybridized carbons (Fsp3) is 0.360. The molecule has 3 rings (SSSR count). The van der Waals surface area contributed by atoms with Crippen LogP contribution in [0.5, 0.6) is 5.75 Å². The van der Waals surface area contributed by atoms with E-state index >= 15 is 0 Å². The van der Waals surface area contributed by atoms with Crippen molar-refractivity contribution in [2.24, 2.45) is 0 Å². The molecule has 0 bridgehead atoms. The highest BCUT2D eigenvalue weighted by Crippen LogP contribution is 2.24. The molecule has 5 heteroatoms. The molecular weight excluding hydrogens is 374 g/mol. The average molecular weight is 406 g/mol. The molecule has 0 unspecified atom stereocenters. The number of carbonyl (C=O) groups excluding carboxylic acids is 1. The quantitative estimate of drug-likeness (QED) is 0.628. The monoisotopic (exact) mass is 405 g/mol. The fourth-order valence-corrected chi connectivity index (χ4v) is 3.34. The lowest BCUT2D eigenvalue weighted by molar-refractivity contribution is -0.123. The molecule has 0 saturated heterocycles. The van der Waals surface area contributed by atoms with Crippen LogP contribution in [-0.2, 0) is 23.3 Å². The van der Waals surface area contributed by atoms with E-state index in [2.05, 4.69) is 43.3 Å². The van der Waals surface area contributed by atoms with Gasteiger partial charge in [-0.05, 0) is 42.5 Å². The minimum absolute atomic E-state index is 0.00882. The first-order chi connectivity index (χ1) is 14.2. The first-order valence-electron chi connectivity index (χ1n) is 10.3. The number of aromatic nitrogens is 2. The zero-order valence-electron chi connectivity index (χ0n) is 18.5. The van der Waals surface area contributed by atoms with Crippen LogP contribution in [0, 0.1) is 13.8 Å². The molecule has 158 valence electrons. The van der Waals surface area contributed by atoms with Crippen molar-refractivity contribution in [2.75, 3.05) is 6.61 Å². The number of hydrogen-bond acceptors (Lipinski definition) is 3. The highest BCUT2D eigenvalue weighted by atomic mass is 16.5. The molecule has 0 spiro atoms. The van der Waals surface area contributed by atoms with E-state index in [4.69, 9.17) is 4.74 Å². The van der Waals surface area contributed by atoms with E-state index in [1.54, 1.807) is 0 Å². The Morgan fingerprint density at radius 3 is 2.33 bits per heavy atom. The molecule has 0 aliphatic heterocycles. The van der Waals surface area contributed by atoms with E-state index in [0.29, 0.717) is 12.3 Å². The second kappa shape index (κ2) is 9.16. The zero-order chi connectivity index (χ0) is 21.7. The number of nitrogens with one attached hydrogen (secondary N) is 1. The number of amides is 1. The predicted molar refractivity (Wildman–Crippen MR) is 120 cm³/mol. The van der Waals surface area contributed by atoms with Crippen LogP contribution in [0.4, 0.5) is 0 Å². The Labute approximate surface area is 179 Å². The highest BCUT2D eigenvalue weighted by Gasteiger charge is 2.14. The van der Waals surface area contributed by atoms with E-state index in [-0.39, 0.29) is 17.9 Å². The van der Waals surface area contributed by atoms with E-state index in [1.165, 1.54) is 11.1 Å². The molecular formula is C25H31N3O2. The Bertz CT molecular complexity index is 984. The van der Waals surface area contributed by atoms with Crippen molar-refractivity contribution < 1.29 is 9.53 Å². The molecule has 3 aromatic rings. The number of benzene rings is 2. The number of aryl methyl sites for hydroxylation is 1. The van der Waals surface area contributed by atoms with Gasteiger partial charge >= 0.3 is 0 Å². The van der Waals surface area contributed by atoms with E-state index < -0.39 is 0 Å². The first-order valence-corrected chi connectivity index (χ1v) is 10.3. The standard InChI is InChI=1S/C25H31N3O2/c1-18-23(19(2)28(27-18)16-20-9-7-6-8-10-20)15-26-24(29)17-30-22-13-11-21(12-14-22)25(3,4)5/h6-14H,15-17H2,1-5H3,(H,26,29). The molecule has 2 aromatic carbocycles. The van der Waals surface area contributed by atoms with Gasteiger partial charge in [0.1, 0.15) is 5.75 Å². The van der Waals surface area contributed by atoms with Crippen molar-refractivity contribution in [1.29, 1.82) is 0 Å². The summed E-state index contributed by atoms with van der Waals surface area (Å²) in [6.07, 6.45) is 0. The third-order valence-corrected chi connectivity index (χ3v) is 5.26. The molecule has 0 aliphatic carbocycles. The van der Waals surface area contributed by atoms with Gasteiger partial charge in [0.15, 0.2) is 6.61 Å². The van der Waals surface area contributed by atoms with Gasteiger partial charge < -0.3 is 10.1 Å². The molecule has 1 heterocycles. The molecule has 5 nitrogen and oxygen atoms in total. The molecule has 1 amide bonds. The van der Waals surface area contributed by atoms with Crippen molar-refractivity contribution in [1.82, 2.24) is 15.1 Å². The zero-order valence-corrected chi connectivity index (χ0v) is 18.5. The maximum atomic E-state index is 12.3. The minimum atomic E-state index is -0.149. The topological polar surface area (TPSA) is 56.2 Å². The number of carbonyl (C=O) groups is 1. The van der Waals surface area contributed by atoms with Gasteiger partial charge in [0.05, 0.1) is 12.2 Å². The third kappa shape index (κ3) is 5.50. The minimum Gasteiger partial charge on any atom is -0.484 e. The van der Waals surface area contributed by atoms with Crippen LogP contribution in [-0.4, -0.2) is 22.3 Å². The van der Waals surface area contributed by atoms with Gasteiger partial charge in [-0.2, -0.15) is 5.10 Å². The number of rotatable bonds is 7. The van der Waals surface area contributed by atoms with Gasteiger partial charge in [0.2, 0.25) is 0 Å². The van der Waals surface area contributed by atoms with Crippen molar-refractivity contribution >= 4 is 5.91 Å². The molecule has 0 fully saturated rings. The molecule has 0 radical (unpaired) electrons. The Hall–Kier alpha value is -3.08. The number of ether oxygens (including phenoxy) is 1. The van der Waals surface area contributed by atoms with Gasteiger partial charge in [0.25, 0.3) is 5.91 Å². The lowest BCUT2D eigenvalue weighted by atomic mass is 9.87. The predicted octanol–water partition coefficient (Wildman–Crippen LogP) is 4.54. The van der Waals surface area contributed by atoms with Gasteiger partial charge in [-0.25, -0.2) is 0 Å². The Balaban J connectivity index is 1.53. The molecule has 0 atom stereocenters. The van der Waals surface area contributed by atoms with Crippen molar-refractivity contribution in [3.8, 4) is 5.75 Å². The fourth-order valence-electron chi connectivity index (χ4n) is 3.34. The lowest BCUT2D eigenvalue weighted by Gasteiger charge is -2.19. The molecule has 0 aliphatic rings. The van der Waals surface area contributed by atoms with Crippen molar-refractivity contribution in [3.05, 3.63) is 82.7 Å². The summed E-state index contributed by atoms with van der Waals surface area (Å²) in [5.41, 5.74) is 5.57. The van der Waals surface area contributed by atoms with Crippen LogP contribution >= 0.6 is 0 Å². The molecule has 1 N–H and O–H groups in total. The van der Waals surface area contributed by atoms with Crippen LogP contribution in [0.15, 0.2) is 54.6 Å². The summed E-state index contributed by atoms with van der Waals surface area (Å²) in [6, 6.07) is 18.1. The summed E-state index contributed by atoms with van der Waals surface area (Å²) in [6.45, 7) is 11.7. The Morgan fingerprint density at radius 1 is 1.03 bits per heavy atom. The van der Waals surface area contributed by atoms with E-state index in [9.17, 15) is 4.79 Å².